The third-order valence-electron chi connectivity index (χ3n) is 3.30. The molecule has 0 amide bonds. The minimum absolute atomic E-state index is 0.385. The lowest BCUT2D eigenvalue weighted by molar-refractivity contribution is 0.434. The topological polar surface area (TPSA) is 72.3 Å². The second kappa shape index (κ2) is 3.80. The first kappa shape index (κ1) is 10.2. The molecule has 0 unspecified atom stereocenters. The number of phenolic OH excluding ortho intramolecular Hbond substituents is 1. The molecule has 0 fully saturated rings. The zero-order chi connectivity index (χ0) is 11.8. The number of aromatic nitrogens is 1. The molecule has 1 aromatic carbocycles. The highest BCUT2D eigenvalue weighted by atomic mass is 16.5. The van der Waals surface area contributed by atoms with Crippen LogP contribution in [0.25, 0.3) is 11.3 Å². The lowest BCUT2D eigenvalue weighted by Crippen LogP contribution is -2.04. The van der Waals surface area contributed by atoms with E-state index in [1.54, 1.807) is 12.1 Å². The molecule has 88 valence electrons. The number of hydrogen-bond acceptors (Lipinski definition) is 4. The van der Waals surface area contributed by atoms with Crippen molar-refractivity contribution in [1.82, 2.24) is 5.16 Å². The normalized spacial score (nSPS) is 14.6. The van der Waals surface area contributed by atoms with E-state index >= 15 is 0 Å². The monoisotopic (exact) mass is 230 g/mol. The van der Waals surface area contributed by atoms with Gasteiger partial charge in [0.2, 0.25) is 0 Å². The summed E-state index contributed by atoms with van der Waals surface area (Å²) in [5, 5.41) is 13.6. The Morgan fingerprint density at radius 1 is 1.18 bits per heavy atom. The maximum atomic E-state index is 9.86. The van der Waals surface area contributed by atoms with E-state index in [2.05, 4.69) is 5.16 Å². The Morgan fingerprint density at radius 2 is 1.94 bits per heavy atom. The van der Waals surface area contributed by atoms with Gasteiger partial charge in [-0.15, -0.1) is 0 Å². The largest absolute Gasteiger partial charge is 0.508 e. The standard InChI is InChI=1S/C13H14N2O2/c14-13-7-12(17-15-13)10-5-6-11(16)9-4-2-1-3-8(9)10/h5-7,16H,1-4H2,(H2,14,15). The number of phenols is 1. The predicted molar refractivity (Wildman–Crippen MR) is 64.7 cm³/mol. The number of nitrogens with two attached hydrogens (primary N) is 1. The summed E-state index contributed by atoms with van der Waals surface area (Å²) >= 11 is 0. The van der Waals surface area contributed by atoms with E-state index in [0.29, 0.717) is 17.3 Å². The molecule has 3 rings (SSSR count). The quantitative estimate of drug-likeness (QED) is 0.789. The average Bonchev–Trinajstić information content (AvgIpc) is 2.77. The van der Waals surface area contributed by atoms with Crippen LogP contribution in [0.3, 0.4) is 0 Å². The van der Waals surface area contributed by atoms with Crippen LogP contribution in [0.1, 0.15) is 24.0 Å². The van der Waals surface area contributed by atoms with E-state index in [1.807, 2.05) is 6.07 Å². The van der Waals surface area contributed by atoms with Gasteiger partial charge in [-0.3, -0.25) is 0 Å². The fourth-order valence-corrected chi connectivity index (χ4v) is 2.50. The Bertz CT molecular complexity index is 561. The van der Waals surface area contributed by atoms with Crippen molar-refractivity contribution in [2.75, 3.05) is 5.73 Å². The Labute approximate surface area is 99.0 Å². The molecule has 0 bridgehead atoms. The van der Waals surface area contributed by atoms with Gasteiger partial charge in [0.25, 0.3) is 0 Å². The number of aromatic hydroxyl groups is 1. The highest BCUT2D eigenvalue weighted by molar-refractivity contribution is 5.68. The van der Waals surface area contributed by atoms with Gasteiger partial charge in [0.15, 0.2) is 11.6 Å². The van der Waals surface area contributed by atoms with E-state index in [4.69, 9.17) is 10.3 Å². The fraction of sp³-hybridized carbons (Fsp3) is 0.308. The summed E-state index contributed by atoms with van der Waals surface area (Å²) in [6, 6.07) is 5.32. The number of rotatable bonds is 1. The van der Waals surface area contributed by atoms with Gasteiger partial charge >= 0.3 is 0 Å². The van der Waals surface area contributed by atoms with Crippen molar-refractivity contribution in [1.29, 1.82) is 0 Å². The SMILES string of the molecule is Nc1cc(-c2ccc(O)c3c2CCCC3)on1. The van der Waals surface area contributed by atoms with Gasteiger partial charge in [0.1, 0.15) is 5.75 Å². The number of benzene rings is 1. The van der Waals surface area contributed by atoms with Crippen molar-refractivity contribution in [3.8, 4) is 17.1 Å². The Hall–Kier alpha value is -1.97. The van der Waals surface area contributed by atoms with Gasteiger partial charge < -0.3 is 15.4 Å². The van der Waals surface area contributed by atoms with Crippen molar-refractivity contribution >= 4 is 5.82 Å². The zero-order valence-electron chi connectivity index (χ0n) is 9.44. The first-order valence-corrected chi connectivity index (χ1v) is 5.82. The number of nitrogens with zero attached hydrogens (tertiary/aromatic N) is 1. The maximum absolute atomic E-state index is 9.86. The van der Waals surface area contributed by atoms with Crippen LogP contribution in [0.15, 0.2) is 22.7 Å². The van der Waals surface area contributed by atoms with E-state index in [9.17, 15) is 5.11 Å². The van der Waals surface area contributed by atoms with Crippen LogP contribution in [0.2, 0.25) is 0 Å². The van der Waals surface area contributed by atoms with Crippen LogP contribution in [0.5, 0.6) is 5.75 Å². The minimum atomic E-state index is 0.385. The van der Waals surface area contributed by atoms with Crippen LogP contribution >= 0.6 is 0 Å². The van der Waals surface area contributed by atoms with Gasteiger partial charge in [-0.1, -0.05) is 5.16 Å². The van der Waals surface area contributed by atoms with E-state index in [1.165, 1.54) is 5.56 Å². The van der Waals surface area contributed by atoms with Gasteiger partial charge in [-0.2, -0.15) is 0 Å². The first-order chi connectivity index (χ1) is 8.25. The first-order valence-electron chi connectivity index (χ1n) is 5.82. The molecule has 0 saturated heterocycles. The molecule has 2 aromatic rings. The Balaban J connectivity index is 2.17. The third kappa shape index (κ3) is 1.65. The summed E-state index contributed by atoms with van der Waals surface area (Å²) in [6.07, 6.45) is 4.17. The maximum Gasteiger partial charge on any atom is 0.169 e. The smallest absolute Gasteiger partial charge is 0.169 e. The molecule has 0 atom stereocenters. The van der Waals surface area contributed by atoms with Gasteiger partial charge in [0.05, 0.1) is 0 Å². The van der Waals surface area contributed by atoms with Crippen molar-refractivity contribution < 1.29 is 9.63 Å². The minimum Gasteiger partial charge on any atom is -0.508 e. The highest BCUT2D eigenvalue weighted by Crippen LogP contribution is 2.36. The third-order valence-corrected chi connectivity index (χ3v) is 3.30. The van der Waals surface area contributed by atoms with Crippen LogP contribution in [-0.2, 0) is 12.8 Å². The van der Waals surface area contributed by atoms with Crippen molar-refractivity contribution in [2.45, 2.75) is 25.7 Å². The van der Waals surface area contributed by atoms with Gasteiger partial charge in [0, 0.05) is 11.6 Å². The van der Waals surface area contributed by atoms with Crippen molar-refractivity contribution in [3.63, 3.8) is 0 Å². The summed E-state index contributed by atoms with van der Waals surface area (Å²) in [6.45, 7) is 0. The molecule has 3 N–H and O–H groups in total. The number of fused-ring (bicyclic) bond motifs is 1. The average molecular weight is 230 g/mol. The van der Waals surface area contributed by atoms with Crippen LogP contribution in [0.4, 0.5) is 5.82 Å². The molecule has 0 radical (unpaired) electrons. The molecule has 0 saturated carbocycles. The lowest BCUT2D eigenvalue weighted by atomic mass is 9.87. The zero-order valence-corrected chi connectivity index (χ0v) is 9.44. The molecule has 4 nitrogen and oxygen atoms in total. The van der Waals surface area contributed by atoms with Crippen LogP contribution in [-0.4, -0.2) is 10.3 Å². The number of anilines is 1. The summed E-state index contributed by atoms with van der Waals surface area (Å²) in [5.41, 5.74) is 8.79. The number of nitrogen functional groups attached to an aromatic ring is 1. The van der Waals surface area contributed by atoms with Crippen molar-refractivity contribution in [2.24, 2.45) is 0 Å². The Morgan fingerprint density at radius 3 is 2.65 bits per heavy atom. The molecule has 17 heavy (non-hydrogen) atoms. The Kier molecular flexibility index (Phi) is 2.28. The summed E-state index contributed by atoms with van der Waals surface area (Å²) < 4.78 is 5.20. The second-order valence-corrected chi connectivity index (χ2v) is 4.41. The molecule has 1 aliphatic carbocycles. The summed E-state index contributed by atoms with van der Waals surface area (Å²) in [7, 11) is 0. The van der Waals surface area contributed by atoms with E-state index in [0.717, 1.165) is 36.8 Å². The fourth-order valence-electron chi connectivity index (χ4n) is 2.50. The molecular formula is C13H14N2O2. The van der Waals surface area contributed by atoms with Crippen LogP contribution < -0.4 is 5.73 Å². The van der Waals surface area contributed by atoms with Crippen LogP contribution in [0, 0.1) is 0 Å². The molecule has 1 heterocycles. The van der Waals surface area contributed by atoms with E-state index < -0.39 is 0 Å². The summed E-state index contributed by atoms with van der Waals surface area (Å²) in [5.74, 6) is 1.45. The molecule has 1 aromatic heterocycles. The molecule has 4 heteroatoms. The lowest BCUT2D eigenvalue weighted by Gasteiger charge is -2.19. The second-order valence-electron chi connectivity index (χ2n) is 4.41. The van der Waals surface area contributed by atoms with Crippen molar-refractivity contribution in [3.05, 3.63) is 29.3 Å². The molecule has 0 aliphatic heterocycles. The summed E-state index contributed by atoms with van der Waals surface area (Å²) in [4.78, 5) is 0. The predicted octanol–water partition coefficient (Wildman–Crippen LogP) is 2.51. The van der Waals surface area contributed by atoms with Gasteiger partial charge in [-0.25, -0.2) is 0 Å². The number of hydrogen-bond donors (Lipinski definition) is 2. The molecular weight excluding hydrogens is 216 g/mol. The van der Waals surface area contributed by atoms with Gasteiger partial charge in [-0.05, 0) is 48.9 Å². The van der Waals surface area contributed by atoms with E-state index in [-0.39, 0.29) is 0 Å². The highest BCUT2D eigenvalue weighted by Gasteiger charge is 2.19. The molecule has 0 spiro atoms. The molecule has 1 aliphatic rings.